The minimum Gasteiger partial charge on any atom is -0.381 e. The third-order valence-electron chi connectivity index (χ3n) is 4.24. The number of nitrogens with one attached hydrogen (secondary N) is 3. The van der Waals surface area contributed by atoms with Crippen molar-refractivity contribution in [1.82, 2.24) is 0 Å². The summed E-state index contributed by atoms with van der Waals surface area (Å²) in [6, 6.07) is 15.1. The Balaban J connectivity index is 1.55. The molecule has 2 aromatic carbocycles. The molecular formula is C20H23N3O3. The highest BCUT2D eigenvalue weighted by Gasteiger charge is 2.21. The predicted molar refractivity (Wildman–Crippen MR) is 103 cm³/mol. The summed E-state index contributed by atoms with van der Waals surface area (Å²) in [4.78, 5) is 23.3. The van der Waals surface area contributed by atoms with E-state index in [1.165, 1.54) is 6.92 Å². The van der Waals surface area contributed by atoms with Gasteiger partial charge in [-0.3, -0.25) is 9.59 Å². The number of carbonyl (C=O) groups excluding carboxylic acids is 2. The SMILES string of the molecule is CC(=O)Nc1ccc(Nc2ccc(NC(=O)C3CCOCC3)cc2)cc1. The maximum absolute atomic E-state index is 12.2. The Labute approximate surface area is 152 Å². The topological polar surface area (TPSA) is 79.5 Å². The Morgan fingerprint density at radius 1 is 0.808 bits per heavy atom. The first-order valence-corrected chi connectivity index (χ1v) is 8.73. The molecule has 6 heteroatoms. The molecular weight excluding hydrogens is 330 g/mol. The lowest BCUT2D eigenvalue weighted by atomic mass is 9.99. The second-order valence-electron chi connectivity index (χ2n) is 6.34. The summed E-state index contributed by atoms with van der Waals surface area (Å²) < 4.78 is 5.29. The summed E-state index contributed by atoms with van der Waals surface area (Å²) in [7, 11) is 0. The van der Waals surface area contributed by atoms with Crippen LogP contribution in [0.15, 0.2) is 48.5 Å². The normalized spacial score (nSPS) is 14.5. The summed E-state index contributed by atoms with van der Waals surface area (Å²) >= 11 is 0. The summed E-state index contributed by atoms with van der Waals surface area (Å²) in [5.41, 5.74) is 3.38. The van der Waals surface area contributed by atoms with Crippen molar-refractivity contribution in [2.24, 2.45) is 5.92 Å². The van der Waals surface area contributed by atoms with E-state index >= 15 is 0 Å². The molecule has 136 valence electrons. The van der Waals surface area contributed by atoms with Gasteiger partial charge < -0.3 is 20.7 Å². The van der Waals surface area contributed by atoms with Crippen molar-refractivity contribution in [1.29, 1.82) is 0 Å². The van der Waals surface area contributed by atoms with E-state index < -0.39 is 0 Å². The number of carbonyl (C=O) groups is 2. The van der Waals surface area contributed by atoms with E-state index in [0.717, 1.165) is 35.6 Å². The van der Waals surface area contributed by atoms with Crippen LogP contribution in [0.3, 0.4) is 0 Å². The van der Waals surface area contributed by atoms with Crippen LogP contribution in [-0.4, -0.2) is 25.0 Å². The number of benzene rings is 2. The van der Waals surface area contributed by atoms with Crippen LogP contribution in [0.25, 0.3) is 0 Å². The van der Waals surface area contributed by atoms with E-state index in [1.807, 2.05) is 48.5 Å². The van der Waals surface area contributed by atoms with Crippen LogP contribution in [0.1, 0.15) is 19.8 Å². The second-order valence-corrected chi connectivity index (χ2v) is 6.34. The van der Waals surface area contributed by atoms with E-state index in [2.05, 4.69) is 16.0 Å². The molecule has 3 N–H and O–H groups in total. The molecule has 0 atom stereocenters. The average Bonchev–Trinajstić information content (AvgIpc) is 2.65. The minimum absolute atomic E-state index is 0.0312. The van der Waals surface area contributed by atoms with Gasteiger partial charge in [0.25, 0.3) is 0 Å². The first kappa shape index (κ1) is 17.9. The van der Waals surface area contributed by atoms with Crippen LogP contribution >= 0.6 is 0 Å². The monoisotopic (exact) mass is 353 g/mol. The number of hydrogen-bond donors (Lipinski definition) is 3. The molecule has 1 aliphatic rings. The van der Waals surface area contributed by atoms with Crippen molar-refractivity contribution in [2.45, 2.75) is 19.8 Å². The van der Waals surface area contributed by atoms with Gasteiger partial charge in [-0.15, -0.1) is 0 Å². The third kappa shape index (κ3) is 5.07. The van der Waals surface area contributed by atoms with Crippen LogP contribution in [0.2, 0.25) is 0 Å². The van der Waals surface area contributed by atoms with E-state index in [0.29, 0.717) is 13.2 Å². The molecule has 3 rings (SSSR count). The van der Waals surface area contributed by atoms with Gasteiger partial charge in [-0.1, -0.05) is 0 Å². The zero-order valence-corrected chi connectivity index (χ0v) is 14.7. The van der Waals surface area contributed by atoms with E-state index in [4.69, 9.17) is 4.74 Å². The van der Waals surface area contributed by atoms with Crippen LogP contribution in [0.4, 0.5) is 22.7 Å². The molecule has 0 aliphatic carbocycles. The molecule has 1 aliphatic heterocycles. The lowest BCUT2D eigenvalue weighted by Crippen LogP contribution is -2.28. The van der Waals surface area contributed by atoms with E-state index in [9.17, 15) is 9.59 Å². The number of rotatable bonds is 5. The molecule has 1 saturated heterocycles. The molecule has 0 aromatic heterocycles. The molecule has 0 spiro atoms. The molecule has 26 heavy (non-hydrogen) atoms. The van der Waals surface area contributed by atoms with Crippen LogP contribution in [0.5, 0.6) is 0 Å². The number of amides is 2. The molecule has 0 bridgehead atoms. The Bertz CT molecular complexity index is 751. The zero-order valence-electron chi connectivity index (χ0n) is 14.7. The van der Waals surface area contributed by atoms with Crippen molar-refractivity contribution in [2.75, 3.05) is 29.2 Å². The van der Waals surface area contributed by atoms with Gasteiger partial charge in [0, 0.05) is 48.8 Å². The zero-order chi connectivity index (χ0) is 18.4. The quantitative estimate of drug-likeness (QED) is 0.765. The van der Waals surface area contributed by atoms with Crippen molar-refractivity contribution in [3.05, 3.63) is 48.5 Å². The van der Waals surface area contributed by atoms with Gasteiger partial charge in [-0.05, 0) is 61.4 Å². The molecule has 6 nitrogen and oxygen atoms in total. The van der Waals surface area contributed by atoms with E-state index in [-0.39, 0.29) is 17.7 Å². The molecule has 0 saturated carbocycles. The maximum atomic E-state index is 12.2. The van der Waals surface area contributed by atoms with Crippen molar-refractivity contribution in [3.8, 4) is 0 Å². The molecule has 2 aromatic rings. The Morgan fingerprint density at radius 3 is 1.77 bits per heavy atom. The summed E-state index contributed by atoms with van der Waals surface area (Å²) in [6.07, 6.45) is 1.56. The summed E-state index contributed by atoms with van der Waals surface area (Å²) in [6.45, 7) is 2.79. The average molecular weight is 353 g/mol. The predicted octanol–water partition coefficient (Wildman–Crippen LogP) is 3.75. The fourth-order valence-corrected chi connectivity index (χ4v) is 2.85. The number of anilines is 4. The summed E-state index contributed by atoms with van der Waals surface area (Å²) in [5.74, 6) is -0.00431. The van der Waals surface area contributed by atoms with Gasteiger partial charge >= 0.3 is 0 Å². The fourth-order valence-electron chi connectivity index (χ4n) is 2.85. The highest BCUT2D eigenvalue weighted by molar-refractivity contribution is 5.92. The van der Waals surface area contributed by atoms with E-state index in [1.54, 1.807) is 0 Å². The Morgan fingerprint density at radius 2 is 1.27 bits per heavy atom. The number of hydrogen-bond acceptors (Lipinski definition) is 4. The van der Waals surface area contributed by atoms with Crippen molar-refractivity contribution in [3.63, 3.8) is 0 Å². The molecule has 0 unspecified atom stereocenters. The molecule has 0 radical (unpaired) electrons. The van der Waals surface area contributed by atoms with Crippen molar-refractivity contribution >= 4 is 34.6 Å². The van der Waals surface area contributed by atoms with Gasteiger partial charge in [-0.25, -0.2) is 0 Å². The van der Waals surface area contributed by atoms with Gasteiger partial charge in [0.2, 0.25) is 11.8 Å². The van der Waals surface area contributed by atoms with Gasteiger partial charge in [-0.2, -0.15) is 0 Å². The van der Waals surface area contributed by atoms with Crippen molar-refractivity contribution < 1.29 is 14.3 Å². The van der Waals surface area contributed by atoms with Crippen LogP contribution in [-0.2, 0) is 14.3 Å². The maximum Gasteiger partial charge on any atom is 0.227 e. The Kier molecular flexibility index (Phi) is 5.86. The standard InChI is InChI=1S/C20H23N3O3/c1-14(24)21-16-2-4-17(5-3-16)22-18-6-8-19(9-7-18)23-20(25)15-10-12-26-13-11-15/h2-9,15,22H,10-13H2,1H3,(H,21,24)(H,23,25). The highest BCUT2D eigenvalue weighted by Crippen LogP contribution is 2.22. The smallest absolute Gasteiger partial charge is 0.227 e. The first-order valence-electron chi connectivity index (χ1n) is 8.73. The summed E-state index contributed by atoms with van der Waals surface area (Å²) in [5, 5.41) is 8.99. The molecule has 1 fully saturated rings. The van der Waals surface area contributed by atoms with Gasteiger partial charge in [0.15, 0.2) is 0 Å². The lowest BCUT2D eigenvalue weighted by Gasteiger charge is -2.21. The first-order chi connectivity index (χ1) is 12.6. The molecule has 2 amide bonds. The van der Waals surface area contributed by atoms with Gasteiger partial charge in [0.05, 0.1) is 0 Å². The lowest BCUT2D eigenvalue weighted by molar-refractivity contribution is -0.122. The molecule has 1 heterocycles. The van der Waals surface area contributed by atoms with Crippen LogP contribution < -0.4 is 16.0 Å². The van der Waals surface area contributed by atoms with Crippen LogP contribution in [0, 0.1) is 5.92 Å². The largest absolute Gasteiger partial charge is 0.381 e. The highest BCUT2D eigenvalue weighted by atomic mass is 16.5. The minimum atomic E-state index is -0.0934. The van der Waals surface area contributed by atoms with Gasteiger partial charge in [0.1, 0.15) is 0 Å². The third-order valence-corrected chi connectivity index (χ3v) is 4.24. The Hall–Kier alpha value is -2.86. The fraction of sp³-hybridized carbons (Fsp3) is 0.300. The number of ether oxygens (including phenoxy) is 1. The second kappa shape index (κ2) is 8.49.